The van der Waals surface area contributed by atoms with Crippen LogP contribution in [0.2, 0.25) is 0 Å². The summed E-state index contributed by atoms with van der Waals surface area (Å²) in [5.74, 6) is 0. The summed E-state index contributed by atoms with van der Waals surface area (Å²) >= 11 is 0. The summed E-state index contributed by atoms with van der Waals surface area (Å²) in [7, 11) is 4.12. The largest absolute Gasteiger partial charge is 0.348 e. The molecule has 0 fully saturated rings. The SMILES string of the molecule is CNCCc1cccc2c1cc(C)n2C. The van der Waals surface area contributed by atoms with E-state index < -0.39 is 0 Å². The molecule has 0 atom stereocenters. The quantitative estimate of drug-likeness (QED) is 0.807. The second-order valence-electron chi connectivity index (χ2n) is 4.05. The number of aromatic nitrogens is 1. The molecule has 1 aromatic heterocycles. The molecule has 0 aliphatic carbocycles. The monoisotopic (exact) mass is 202 g/mol. The van der Waals surface area contributed by atoms with Crippen molar-refractivity contribution in [1.29, 1.82) is 0 Å². The second kappa shape index (κ2) is 4.07. The van der Waals surface area contributed by atoms with Crippen LogP contribution in [0.25, 0.3) is 10.9 Å². The van der Waals surface area contributed by atoms with E-state index in [1.165, 1.54) is 22.2 Å². The average molecular weight is 202 g/mol. The molecule has 0 aliphatic rings. The molecule has 0 saturated carbocycles. The van der Waals surface area contributed by atoms with E-state index in [2.05, 4.69) is 48.1 Å². The Labute approximate surface area is 90.9 Å². The first kappa shape index (κ1) is 10.2. The van der Waals surface area contributed by atoms with Gasteiger partial charge in [0.2, 0.25) is 0 Å². The van der Waals surface area contributed by atoms with Crippen molar-refractivity contribution in [1.82, 2.24) is 9.88 Å². The maximum absolute atomic E-state index is 3.20. The number of nitrogens with zero attached hydrogens (tertiary/aromatic N) is 1. The topological polar surface area (TPSA) is 17.0 Å². The average Bonchev–Trinajstić information content (AvgIpc) is 2.53. The van der Waals surface area contributed by atoms with E-state index >= 15 is 0 Å². The summed E-state index contributed by atoms with van der Waals surface area (Å²) in [5.41, 5.74) is 4.09. The molecule has 1 aromatic carbocycles. The van der Waals surface area contributed by atoms with Crippen molar-refractivity contribution in [3.05, 3.63) is 35.5 Å². The van der Waals surface area contributed by atoms with Gasteiger partial charge in [-0.3, -0.25) is 0 Å². The third kappa shape index (κ3) is 1.77. The van der Waals surface area contributed by atoms with E-state index in [9.17, 15) is 0 Å². The number of fused-ring (bicyclic) bond motifs is 1. The van der Waals surface area contributed by atoms with Crippen molar-refractivity contribution in [3.8, 4) is 0 Å². The lowest BCUT2D eigenvalue weighted by Crippen LogP contribution is -2.10. The summed E-state index contributed by atoms with van der Waals surface area (Å²) in [6.45, 7) is 3.19. The molecule has 15 heavy (non-hydrogen) atoms. The van der Waals surface area contributed by atoms with Crippen molar-refractivity contribution in [3.63, 3.8) is 0 Å². The highest BCUT2D eigenvalue weighted by atomic mass is 14.9. The molecule has 0 radical (unpaired) electrons. The Hall–Kier alpha value is -1.28. The van der Waals surface area contributed by atoms with Gasteiger partial charge in [-0.05, 0) is 44.6 Å². The molecule has 0 saturated heterocycles. The van der Waals surface area contributed by atoms with Crippen molar-refractivity contribution in [2.45, 2.75) is 13.3 Å². The fourth-order valence-corrected chi connectivity index (χ4v) is 2.03. The van der Waals surface area contributed by atoms with Crippen molar-refractivity contribution in [2.75, 3.05) is 13.6 Å². The van der Waals surface area contributed by atoms with Gasteiger partial charge >= 0.3 is 0 Å². The van der Waals surface area contributed by atoms with Gasteiger partial charge in [-0.25, -0.2) is 0 Å². The lowest BCUT2D eigenvalue weighted by Gasteiger charge is -2.03. The third-order valence-corrected chi connectivity index (χ3v) is 3.06. The van der Waals surface area contributed by atoms with E-state index in [0.717, 1.165) is 13.0 Å². The van der Waals surface area contributed by atoms with Crippen LogP contribution >= 0.6 is 0 Å². The van der Waals surface area contributed by atoms with Crippen molar-refractivity contribution < 1.29 is 0 Å². The molecule has 0 aliphatic heterocycles. The van der Waals surface area contributed by atoms with Crippen LogP contribution in [0.3, 0.4) is 0 Å². The zero-order valence-corrected chi connectivity index (χ0v) is 9.67. The van der Waals surface area contributed by atoms with Crippen LogP contribution in [-0.4, -0.2) is 18.2 Å². The van der Waals surface area contributed by atoms with Crippen molar-refractivity contribution >= 4 is 10.9 Å². The molecular formula is C13H18N2. The normalized spacial score (nSPS) is 11.1. The first-order chi connectivity index (χ1) is 7.24. The highest BCUT2D eigenvalue weighted by Gasteiger charge is 2.05. The Bertz CT molecular complexity index is 469. The Kier molecular flexibility index (Phi) is 2.78. The lowest BCUT2D eigenvalue weighted by atomic mass is 10.1. The summed E-state index contributed by atoms with van der Waals surface area (Å²) in [4.78, 5) is 0. The molecule has 2 rings (SSSR count). The van der Waals surface area contributed by atoms with Crippen molar-refractivity contribution in [2.24, 2.45) is 7.05 Å². The zero-order chi connectivity index (χ0) is 10.8. The van der Waals surface area contributed by atoms with Gasteiger partial charge in [0.15, 0.2) is 0 Å². The molecule has 0 spiro atoms. The minimum atomic E-state index is 1.03. The first-order valence-corrected chi connectivity index (χ1v) is 5.42. The Morgan fingerprint density at radius 2 is 2.13 bits per heavy atom. The predicted octanol–water partition coefficient (Wildman–Crippen LogP) is 2.25. The molecular weight excluding hydrogens is 184 g/mol. The van der Waals surface area contributed by atoms with Crippen LogP contribution in [0.4, 0.5) is 0 Å². The summed E-state index contributed by atoms with van der Waals surface area (Å²) in [6.07, 6.45) is 1.09. The fraction of sp³-hybridized carbons (Fsp3) is 0.385. The Morgan fingerprint density at radius 3 is 2.87 bits per heavy atom. The zero-order valence-electron chi connectivity index (χ0n) is 9.67. The van der Waals surface area contributed by atoms with Gasteiger partial charge in [0.1, 0.15) is 0 Å². The number of hydrogen-bond acceptors (Lipinski definition) is 1. The molecule has 1 heterocycles. The van der Waals surface area contributed by atoms with Crippen LogP contribution in [0, 0.1) is 6.92 Å². The standard InChI is InChI=1S/C13H18N2/c1-10-9-12-11(7-8-14-2)5-4-6-13(12)15(10)3/h4-6,9,14H,7-8H2,1-3H3. The second-order valence-corrected chi connectivity index (χ2v) is 4.05. The summed E-state index contributed by atoms with van der Waals surface area (Å²) in [6, 6.07) is 8.83. The Morgan fingerprint density at radius 1 is 1.33 bits per heavy atom. The number of rotatable bonds is 3. The van der Waals surface area contributed by atoms with E-state index in [1.807, 2.05) is 7.05 Å². The van der Waals surface area contributed by atoms with Gasteiger partial charge in [0, 0.05) is 23.6 Å². The van der Waals surface area contributed by atoms with Gasteiger partial charge in [0.25, 0.3) is 0 Å². The lowest BCUT2D eigenvalue weighted by molar-refractivity contribution is 0.795. The molecule has 2 heteroatoms. The highest BCUT2D eigenvalue weighted by molar-refractivity contribution is 5.84. The third-order valence-electron chi connectivity index (χ3n) is 3.06. The van der Waals surface area contributed by atoms with Gasteiger partial charge in [-0.1, -0.05) is 12.1 Å². The molecule has 1 N–H and O–H groups in total. The number of likely N-dealkylation sites (N-methyl/N-ethyl adjacent to an activating group) is 1. The predicted molar refractivity (Wildman–Crippen MR) is 65.3 cm³/mol. The number of hydrogen-bond donors (Lipinski definition) is 1. The van der Waals surface area contributed by atoms with Crippen LogP contribution in [0.1, 0.15) is 11.3 Å². The van der Waals surface area contributed by atoms with E-state index in [0.29, 0.717) is 0 Å². The highest BCUT2D eigenvalue weighted by Crippen LogP contribution is 2.22. The van der Waals surface area contributed by atoms with Crippen LogP contribution in [-0.2, 0) is 13.5 Å². The molecule has 0 amide bonds. The molecule has 2 aromatic rings. The number of nitrogens with one attached hydrogen (secondary N) is 1. The molecule has 0 bridgehead atoms. The summed E-state index contributed by atoms with van der Waals surface area (Å²) < 4.78 is 2.25. The van der Waals surface area contributed by atoms with E-state index in [1.54, 1.807) is 0 Å². The van der Waals surface area contributed by atoms with Gasteiger partial charge in [-0.15, -0.1) is 0 Å². The smallest absolute Gasteiger partial charge is 0.0482 e. The minimum absolute atomic E-state index is 1.03. The van der Waals surface area contributed by atoms with Crippen LogP contribution < -0.4 is 5.32 Å². The van der Waals surface area contributed by atoms with E-state index in [4.69, 9.17) is 0 Å². The molecule has 80 valence electrons. The molecule has 2 nitrogen and oxygen atoms in total. The fourth-order valence-electron chi connectivity index (χ4n) is 2.03. The maximum Gasteiger partial charge on any atom is 0.0482 e. The van der Waals surface area contributed by atoms with Gasteiger partial charge < -0.3 is 9.88 Å². The van der Waals surface area contributed by atoms with Crippen LogP contribution in [0.5, 0.6) is 0 Å². The number of benzene rings is 1. The number of aryl methyl sites for hydroxylation is 2. The first-order valence-electron chi connectivity index (χ1n) is 5.42. The Balaban J connectivity index is 2.51. The molecule has 0 unspecified atom stereocenters. The minimum Gasteiger partial charge on any atom is -0.348 e. The van der Waals surface area contributed by atoms with Crippen LogP contribution in [0.15, 0.2) is 24.3 Å². The maximum atomic E-state index is 3.20. The van der Waals surface area contributed by atoms with Gasteiger partial charge in [0.05, 0.1) is 0 Å². The summed E-state index contributed by atoms with van der Waals surface area (Å²) in [5, 5.41) is 4.59. The van der Waals surface area contributed by atoms with Gasteiger partial charge in [-0.2, -0.15) is 0 Å². The van der Waals surface area contributed by atoms with E-state index in [-0.39, 0.29) is 0 Å².